The zero-order valence-corrected chi connectivity index (χ0v) is 23.3. The van der Waals surface area contributed by atoms with Gasteiger partial charge >= 0.3 is 6.61 Å². The van der Waals surface area contributed by atoms with Crippen LogP contribution in [0.15, 0.2) is 59.5 Å². The van der Waals surface area contributed by atoms with Gasteiger partial charge < -0.3 is 14.8 Å². The van der Waals surface area contributed by atoms with Gasteiger partial charge in [-0.25, -0.2) is 15.9 Å². The Balaban J connectivity index is 1.51. The summed E-state index contributed by atoms with van der Waals surface area (Å²) in [7, 11) is -0.145. The number of thiol groups is 1. The van der Waals surface area contributed by atoms with E-state index in [1.807, 2.05) is 0 Å². The zero-order valence-electron chi connectivity index (χ0n) is 20.9. The van der Waals surface area contributed by atoms with Crippen molar-refractivity contribution >= 4 is 45.1 Å². The third kappa shape index (κ3) is 5.81. The summed E-state index contributed by atoms with van der Waals surface area (Å²) in [5, 5.41) is 10.4. The van der Waals surface area contributed by atoms with Crippen molar-refractivity contribution in [3.05, 3.63) is 76.0 Å². The molecule has 1 aliphatic carbocycles. The van der Waals surface area contributed by atoms with Crippen molar-refractivity contribution in [2.24, 2.45) is 5.92 Å². The molecule has 0 spiro atoms. The number of aromatic nitrogens is 2. The number of hydrogen-bond donors (Lipinski definition) is 3. The highest BCUT2D eigenvalue weighted by atomic mass is 35.5. The van der Waals surface area contributed by atoms with Crippen LogP contribution >= 0.6 is 34.1 Å². The Labute approximate surface area is 233 Å². The van der Waals surface area contributed by atoms with Crippen molar-refractivity contribution in [1.82, 2.24) is 9.97 Å². The van der Waals surface area contributed by atoms with Crippen LogP contribution in [0, 0.1) is 5.92 Å². The van der Waals surface area contributed by atoms with E-state index in [4.69, 9.17) is 32.9 Å². The average molecular weight is 580 g/mol. The van der Waals surface area contributed by atoms with Crippen molar-refractivity contribution in [2.45, 2.75) is 43.6 Å². The second-order valence-corrected chi connectivity index (χ2v) is 13.0. The molecule has 0 saturated heterocycles. The van der Waals surface area contributed by atoms with Gasteiger partial charge in [0.05, 0.1) is 21.1 Å². The minimum atomic E-state index is -2.98. The molecule has 38 heavy (non-hydrogen) atoms. The number of rotatable bonds is 11. The fraction of sp³-hybridized carbons (Fsp3) is 0.345. The molecule has 1 fully saturated rings. The molecule has 1 aromatic heterocycles. The van der Waals surface area contributed by atoms with Gasteiger partial charge in [-0.2, -0.15) is 8.78 Å². The third-order valence-corrected chi connectivity index (χ3v) is 10.5. The lowest BCUT2D eigenvalue weighted by atomic mass is 9.95. The van der Waals surface area contributed by atoms with Crippen molar-refractivity contribution in [3.8, 4) is 16.9 Å². The molecular weight excluding hydrogens is 549 g/mol. The molecule has 0 radical (unpaired) electrons. The molecule has 3 aromatic carbocycles. The number of hydrogen-bond acceptors (Lipinski definition) is 3. The SMILES string of the molecule is CC[SH](CC1CC1)c1ccc(C(CCO)c2nc3cc(Cl)c(-c4ccccc4OC(F)F)c(Cl)c3[nH]2)cc1. The minimum Gasteiger partial charge on any atom is -0.434 e. The number of benzene rings is 3. The normalized spacial score (nSPS) is 15.7. The summed E-state index contributed by atoms with van der Waals surface area (Å²) in [5.74, 6) is 3.85. The summed E-state index contributed by atoms with van der Waals surface area (Å²) in [6.45, 7) is -0.721. The maximum atomic E-state index is 13.0. The first-order chi connectivity index (χ1) is 18.4. The number of aromatic amines is 1. The quantitative estimate of drug-likeness (QED) is 0.156. The van der Waals surface area contributed by atoms with E-state index in [0.717, 1.165) is 11.5 Å². The Hall–Kier alpha value is -2.32. The zero-order chi connectivity index (χ0) is 26.8. The number of aliphatic hydroxyl groups is 1. The topological polar surface area (TPSA) is 58.1 Å². The number of alkyl halides is 2. The molecule has 4 aromatic rings. The highest BCUT2D eigenvalue weighted by Crippen LogP contribution is 2.46. The van der Waals surface area contributed by atoms with Gasteiger partial charge in [-0.15, -0.1) is 0 Å². The fourth-order valence-electron chi connectivity index (χ4n) is 4.92. The molecule has 2 unspecified atom stereocenters. The van der Waals surface area contributed by atoms with Crippen molar-refractivity contribution in [1.29, 1.82) is 0 Å². The van der Waals surface area contributed by atoms with Gasteiger partial charge in [0.1, 0.15) is 11.6 Å². The van der Waals surface area contributed by atoms with Crippen LogP contribution in [0.4, 0.5) is 8.78 Å². The molecule has 1 aliphatic rings. The van der Waals surface area contributed by atoms with E-state index in [0.29, 0.717) is 34.4 Å². The lowest BCUT2D eigenvalue weighted by Crippen LogP contribution is -2.06. The van der Waals surface area contributed by atoms with Crippen molar-refractivity contribution in [2.75, 3.05) is 18.1 Å². The minimum absolute atomic E-state index is 0.00904. The van der Waals surface area contributed by atoms with Crippen LogP contribution in [-0.4, -0.2) is 39.8 Å². The molecule has 0 amide bonds. The van der Waals surface area contributed by atoms with Gasteiger partial charge in [-0.3, -0.25) is 0 Å². The number of fused-ring (bicyclic) bond motifs is 1. The summed E-state index contributed by atoms with van der Waals surface area (Å²) in [5.41, 5.74) is 2.91. The highest BCUT2D eigenvalue weighted by Gasteiger charge is 2.25. The Morgan fingerprint density at radius 3 is 2.53 bits per heavy atom. The summed E-state index contributed by atoms with van der Waals surface area (Å²) < 4.78 is 30.8. The first kappa shape index (κ1) is 27.3. The molecule has 5 rings (SSSR count). The van der Waals surface area contributed by atoms with Gasteiger partial charge in [0.15, 0.2) is 0 Å². The summed E-state index contributed by atoms with van der Waals surface area (Å²) in [4.78, 5) is 9.52. The number of imidazole rings is 1. The van der Waals surface area contributed by atoms with Crippen LogP contribution < -0.4 is 4.74 Å². The molecule has 0 bridgehead atoms. The smallest absolute Gasteiger partial charge is 0.387 e. The van der Waals surface area contributed by atoms with Crippen molar-refractivity contribution < 1.29 is 18.6 Å². The van der Waals surface area contributed by atoms with Gasteiger partial charge in [0.2, 0.25) is 0 Å². The lowest BCUT2D eigenvalue weighted by molar-refractivity contribution is -0.0494. The second kappa shape index (κ2) is 11.8. The molecular formula is C29H30Cl2F2N2O2S. The molecule has 2 atom stereocenters. The predicted octanol–water partition coefficient (Wildman–Crippen LogP) is 8.44. The second-order valence-electron chi connectivity index (χ2n) is 9.58. The van der Waals surface area contributed by atoms with Gasteiger partial charge in [0.25, 0.3) is 0 Å². The van der Waals surface area contributed by atoms with E-state index in [2.05, 4.69) is 36.2 Å². The summed E-state index contributed by atoms with van der Waals surface area (Å²) in [6, 6.07) is 16.8. The number of aliphatic hydroxyl groups excluding tert-OH is 1. The van der Waals surface area contributed by atoms with Crippen molar-refractivity contribution in [3.63, 3.8) is 0 Å². The first-order valence-electron chi connectivity index (χ1n) is 12.8. The van der Waals surface area contributed by atoms with Crippen LogP contribution in [0.2, 0.25) is 10.0 Å². The largest absolute Gasteiger partial charge is 0.434 e. The Kier molecular flexibility index (Phi) is 8.48. The fourth-order valence-corrected chi connectivity index (χ4v) is 8.01. The van der Waals surface area contributed by atoms with E-state index in [1.165, 1.54) is 35.3 Å². The molecule has 9 heteroatoms. The number of nitrogens with zero attached hydrogens (tertiary/aromatic N) is 1. The number of para-hydroxylation sites is 1. The average Bonchev–Trinajstić information content (AvgIpc) is 3.63. The summed E-state index contributed by atoms with van der Waals surface area (Å²) in [6.07, 6.45) is 3.20. The third-order valence-electron chi connectivity index (χ3n) is 7.03. The highest BCUT2D eigenvalue weighted by molar-refractivity contribution is 8.17. The maximum Gasteiger partial charge on any atom is 0.387 e. The van der Waals surface area contributed by atoms with Gasteiger partial charge in [-0.05, 0) is 59.3 Å². The van der Waals surface area contributed by atoms with Crippen LogP contribution in [0.25, 0.3) is 22.2 Å². The molecule has 202 valence electrons. The molecule has 4 nitrogen and oxygen atoms in total. The monoisotopic (exact) mass is 578 g/mol. The van der Waals surface area contributed by atoms with Crippen LogP contribution in [0.1, 0.15) is 43.5 Å². The Morgan fingerprint density at radius 1 is 1.13 bits per heavy atom. The Morgan fingerprint density at radius 2 is 1.87 bits per heavy atom. The van der Waals surface area contributed by atoms with Gasteiger partial charge in [-0.1, -0.05) is 72.6 Å². The van der Waals surface area contributed by atoms with Crippen LogP contribution in [-0.2, 0) is 0 Å². The molecule has 1 saturated carbocycles. The van der Waals surface area contributed by atoms with E-state index in [1.54, 1.807) is 24.3 Å². The summed E-state index contributed by atoms with van der Waals surface area (Å²) >= 11 is 13.4. The number of halogens is 4. The lowest BCUT2D eigenvalue weighted by Gasteiger charge is -2.21. The standard InChI is InChI=1S/C29H30Cl2F2N2O2S/c1-2-38(16-17-7-8-17)19-11-9-18(10-12-19)20(13-14-36)28-34-23-15-22(30)25(26(31)27(23)35-28)21-5-3-4-6-24(21)37-29(32)33/h3-6,9-12,15,17,20,29,36,38H,2,7-8,13-14,16H2,1H3,(H,34,35). The van der Waals surface area contributed by atoms with Crippen LogP contribution in [0.3, 0.4) is 0 Å². The van der Waals surface area contributed by atoms with E-state index in [-0.39, 0.29) is 39.2 Å². The number of nitrogens with one attached hydrogen (secondary N) is 1. The molecule has 1 heterocycles. The van der Waals surface area contributed by atoms with E-state index < -0.39 is 6.61 Å². The van der Waals surface area contributed by atoms with Gasteiger partial charge in [0, 0.05) is 23.7 Å². The van der Waals surface area contributed by atoms with Crippen LogP contribution in [0.5, 0.6) is 5.75 Å². The Bertz CT molecular complexity index is 1410. The van der Waals surface area contributed by atoms with E-state index >= 15 is 0 Å². The maximum absolute atomic E-state index is 13.0. The first-order valence-corrected chi connectivity index (χ1v) is 15.2. The number of ether oxygens (including phenoxy) is 1. The predicted molar refractivity (Wildman–Crippen MR) is 154 cm³/mol. The molecule has 0 aliphatic heterocycles. The van der Waals surface area contributed by atoms with E-state index in [9.17, 15) is 13.9 Å². The molecule has 2 N–H and O–H groups in total. The number of H-pyrrole nitrogens is 1.